The van der Waals surface area contributed by atoms with Crippen molar-refractivity contribution in [3.63, 3.8) is 0 Å². The smallest absolute Gasteiger partial charge is 0.330 e. The van der Waals surface area contributed by atoms with Gasteiger partial charge in [-0.15, -0.1) is 0 Å². The number of cyclic esters (lactones) is 3. The van der Waals surface area contributed by atoms with Gasteiger partial charge in [-0.25, -0.2) is 9.59 Å². The molecule has 0 aliphatic carbocycles. The molecule has 2 N–H and O–H groups in total. The molecule has 0 aromatic heterocycles. The third kappa shape index (κ3) is 6.93. The number of hydrogen-bond donors (Lipinski definition) is 2. The van der Waals surface area contributed by atoms with Crippen LogP contribution in [0, 0.1) is 0 Å². The van der Waals surface area contributed by atoms with Gasteiger partial charge in [-0.1, -0.05) is 0 Å². The molecular weight excluding hydrogens is 320 g/mol. The average Bonchev–Trinajstić information content (AvgIpc) is 2.47. The second-order valence-electron chi connectivity index (χ2n) is 5.50. The Hall–Kier alpha value is -2.19. The van der Waals surface area contributed by atoms with E-state index in [2.05, 4.69) is 0 Å². The Morgan fingerprint density at radius 2 is 1.62 bits per heavy atom. The molecule has 0 aromatic carbocycles. The van der Waals surface area contributed by atoms with Gasteiger partial charge in [0.05, 0.1) is 12.5 Å². The maximum Gasteiger partial charge on any atom is 0.330 e. The first-order chi connectivity index (χ1) is 11.2. The predicted molar refractivity (Wildman–Crippen MR) is 81.6 cm³/mol. The number of hydrogen-bond acceptors (Lipinski definition) is 8. The molecule has 0 spiro atoms. The fraction of sp³-hybridized carbons (Fsp3) is 0.562. The van der Waals surface area contributed by atoms with Crippen LogP contribution in [0.5, 0.6) is 0 Å². The van der Waals surface area contributed by atoms with Gasteiger partial charge >= 0.3 is 17.9 Å². The first-order valence-electron chi connectivity index (χ1n) is 7.52. The molecule has 5 atom stereocenters. The van der Waals surface area contributed by atoms with Crippen LogP contribution in [0.4, 0.5) is 0 Å². The van der Waals surface area contributed by atoms with Crippen LogP contribution in [-0.2, 0) is 28.6 Å². The molecule has 8 heteroatoms. The lowest BCUT2D eigenvalue weighted by atomic mass is 10.2. The van der Waals surface area contributed by atoms with E-state index in [1.165, 1.54) is 26.8 Å². The van der Waals surface area contributed by atoms with Gasteiger partial charge in [0.1, 0.15) is 24.4 Å². The first-order valence-corrected chi connectivity index (χ1v) is 7.52. The van der Waals surface area contributed by atoms with Gasteiger partial charge in [-0.3, -0.25) is 4.79 Å². The highest BCUT2D eigenvalue weighted by atomic mass is 16.6. The monoisotopic (exact) mass is 342 g/mol. The molecule has 0 bridgehead atoms. The average molecular weight is 342 g/mol. The Morgan fingerprint density at radius 3 is 2.25 bits per heavy atom. The molecule has 24 heavy (non-hydrogen) atoms. The van der Waals surface area contributed by atoms with E-state index in [1.54, 1.807) is 0 Å². The van der Waals surface area contributed by atoms with Gasteiger partial charge in [0.25, 0.3) is 0 Å². The van der Waals surface area contributed by atoms with Crippen molar-refractivity contribution in [3.05, 3.63) is 24.3 Å². The zero-order valence-electron chi connectivity index (χ0n) is 13.7. The van der Waals surface area contributed by atoms with Crippen LogP contribution in [0.3, 0.4) is 0 Å². The number of carbonyl (C=O) groups is 3. The largest absolute Gasteiger partial charge is 0.459 e. The molecule has 1 aliphatic rings. The normalized spacial score (nSPS) is 31.3. The molecule has 8 nitrogen and oxygen atoms in total. The van der Waals surface area contributed by atoms with E-state index in [4.69, 9.17) is 14.2 Å². The number of carbonyl (C=O) groups excluding carboxylic acids is 3. The molecule has 1 heterocycles. The van der Waals surface area contributed by atoms with Gasteiger partial charge in [0.15, 0.2) is 0 Å². The van der Waals surface area contributed by atoms with E-state index in [1.807, 2.05) is 0 Å². The summed E-state index contributed by atoms with van der Waals surface area (Å²) in [7, 11) is 0. The second kappa shape index (κ2) is 9.19. The van der Waals surface area contributed by atoms with Crippen LogP contribution in [0.15, 0.2) is 24.3 Å². The summed E-state index contributed by atoms with van der Waals surface area (Å²) in [5.74, 6) is -2.25. The number of esters is 3. The number of ether oxygens (including phenoxy) is 3. The molecule has 0 saturated heterocycles. The van der Waals surface area contributed by atoms with Gasteiger partial charge in [-0.05, 0) is 32.9 Å². The van der Waals surface area contributed by atoms with E-state index < -0.39 is 48.4 Å². The van der Waals surface area contributed by atoms with E-state index in [0.29, 0.717) is 0 Å². The SMILES string of the molecule is C[C@@H]1CC(=O)O[C@@H]([C@H](C)O)C=CC(=O)O[C@@H](C)[C@H](O)C=CC(=O)O1. The summed E-state index contributed by atoms with van der Waals surface area (Å²) in [6, 6.07) is 0. The number of aliphatic hydroxyl groups is 2. The van der Waals surface area contributed by atoms with E-state index in [0.717, 1.165) is 18.2 Å². The van der Waals surface area contributed by atoms with Gasteiger partial charge < -0.3 is 24.4 Å². The molecule has 0 fully saturated rings. The van der Waals surface area contributed by atoms with E-state index in [9.17, 15) is 24.6 Å². The maximum atomic E-state index is 11.8. The van der Waals surface area contributed by atoms with E-state index in [-0.39, 0.29) is 6.42 Å². The summed E-state index contributed by atoms with van der Waals surface area (Å²) in [6.45, 7) is 4.34. The van der Waals surface area contributed by atoms with Crippen molar-refractivity contribution in [3.8, 4) is 0 Å². The summed E-state index contributed by atoms with van der Waals surface area (Å²) >= 11 is 0. The topological polar surface area (TPSA) is 119 Å². The first kappa shape index (κ1) is 19.9. The van der Waals surface area contributed by atoms with Crippen molar-refractivity contribution in [1.29, 1.82) is 0 Å². The van der Waals surface area contributed by atoms with Crippen LogP contribution in [0.1, 0.15) is 27.2 Å². The molecule has 1 aliphatic heterocycles. The van der Waals surface area contributed by atoms with Crippen LogP contribution in [0.2, 0.25) is 0 Å². The summed E-state index contributed by atoms with van der Waals surface area (Å²) < 4.78 is 15.0. The Morgan fingerprint density at radius 1 is 1.04 bits per heavy atom. The molecule has 0 amide bonds. The lowest BCUT2D eigenvalue weighted by Crippen LogP contribution is -2.29. The Balaban J connectivity index is 2.98. The van der Waals surface area contributed by atoms with Crippen molar-refractivity contribution < 1.29 is 38.8 Å². The van der Waals surface area contributed by atoms with E-state index >= 15 is 0 Å². The number of aliphatic hydroxyl groups excluding tert-OH is 2. The van der Waals surface area contributed by atoms with Gasteiger partial charge in [0.2, 0.25) is 0 Å². The van der Waals surface area contributed by atoms with Gasteiger partial charge in [0, 0.05) is 12.2 Å². The molecule has 0 saturated carbocycles. The number of rotatable bonds is 1. The molecule has 134 valence electrons. The predicted octanol–water partition coefficient (Wildman–Crippen LogP) is 0.0194. The van der Waals surface area contributed by atoms with Crippen molar-refractivity contribution in [2.75, 3.05) is 0 Å². The zero-order chi connectivity index (χ0) is 18.3. The third-order valence-corrected chi connectivity index (χ3v) is 3.15. The highest BCUT2D eigenvalue weighted by Crippen LogP contribution is 2.09. The Labute approximate surface area is 139 Å². The standard InChI is InChI=1S/C16H22O8/c1-9-8-16(21)24-13(10(2)17)5-7-15(20)23-11(3)12(18)4-6-14(19)22-9/h4-7,9-13,17-18H,8H2,1-3H3/t9-,10+,11+,12-,13-/m1/s1. The molecule has 1 rings (SSSR count). The summed E-state index contributed by atoms with van der Waals surface area (Å²) in [5, 5.41) is 19.4. The van der Waals surface area contributed by atoms with Crippen LogP contribution < -0.4 is 0 Å². The fourth-order valence-corrected chi connectivity index (χ4v) is 1.81. The highest BCUT2D eigenvalue weighted by molar-refractivity contribution is 5.83. The van der Waals surface area contributed by atoms with Gasteiger partial charge in [-0.2, -0.15) is 0 Å². The summed E-state index contributed by atoms with van der Waals surface area (Å²) in [5.41, 5.74) is 0. The molecule has 0 aromatic rings. The van der Waals surface area contributed by atoms with Crippen molar-refractivity contribution in [2.24, 2.45) is 0 Å². The van der Waals surface area contributed by atoms with Crippen LogP contribution in [0.25, 0.3) is 0 Å². The quantitative estimate of drug-likeness (QED) is 0.505. The summed E-state index contributed by atoms with van der Waals surface area (Å²) in [4.78, 5) is 35.1. The maximum absolute atomic E-state index is 11.8. The Kier molecular flexibility index (Phi) is 7.60. The fourth-order valence-electron chi connectivity index (χ4n) is 1.81. The van der Waals surface area contributed by atoms with Crippen LogP contribution in [-0.4, -0.2) is 58.6 Å². The zero-order valence-corrected chi connectivity index (χ0v) is 13.7. The van der Waals surface area contributed by atoms with Crippen LogP contribution >= 0.6 is 0 Å². The van der Waals surface area contributed by atoms with Crippen molar-refractivity contribution in [1.82, 2.24) is 0 Å². The highest BCUT2D eigenvalue weighted by Gasteiger charge is 2.22. The molecular formula is C16H22O8. The van der Waals surface area contributed by atoms with Crippen molar-refractivity contribution >= 4 is 17.9 Å². The molecule has 0 radical (unpaired) electrons. The second-order valence-corrected chi connectivity index (χ2v) is 5.50. The lowest BCUT2D eigenvalue weighted by molar-refractivity contribution is -0.156. The minimum atomic E-state index is -1.21. The van der Waals surface area contributed by atoms with Crippen molar-refractivity contribution in [2.45, 2.75) is 57.7 Å². The summed E-state index contributed by atoms with van der Waals surface area (Å²) in [6.07, 6.45) is -0.905. The minimum absolute atomic E-state index is 0.222. The molecule has 0 unspecified atom stereocenters. The Bertz CT molecular complexity index is 522. The third-order valence-electron chi connectivity index (χ3n) is 3.15. The minimum Gasteiger partial charge on any atom is -0.459 e. The lowest BCUT2D eigenvalue weighted by Gasteiger charge is -2.18.